The Morgan fingerprint density at radius 1 is 1.09 bits per heavy atom. The molecule has 0 fully saturated rings. The number of rotatable bonds is 7. The van der Waals surface area contributed by atoms with Crippen molar-refractivity contribution in [3.63, 3.8) is 0 Å². The van der Waals surface area contributed by atoms with Crippen LogP contribution in [-0.2, 0) is 4.74 Å². The molecule has 0 amide bonds. The Morgan fingerprint density at radius 3 is 2.36 bits per heavy atom. The normalized spacial score (nSPS) is 13.4. The fourth-order valence-electron chi connectivity index (χ4n) is 1.23. The lowest BCUT2D eigenvalue weighted by Gasteiger charge is -2.10. The molecule has 0 unspecified atom stereocenters. The summed E-state index contributed by atoms with van der Waals surface area (Å²) in [6.45, 7) is 7.32. The highest BCUT2D eigenvalue weighted by Crippen LogP contribution is 2.07. The molecule has 68 valence electrons. The lowest BCUT2D eigenvalue weighted by atomic mass is 10.1. The van der Waals surface area contributed by atoms with Gasteiger partial charge < -0.3 is 4.74 Å². The second-order valence-corrected chi connectivity index (χ2v) is 3.12. The molecule has 0 aliphatic rings. The van der Waals surface area contributed by atoms with Crippen LogP contribution >= 0.6 is 0 Å². The first kappa shape index (κ1) is 11.0. The van der Waals surface area contributed by atoms with Crippen LogP contribution in [-0.4, -0.2) is 12.7 Å². The van der Waals surface area contributed by atoms with E-state index in [2.05, 4.69) is 20.8 Å². The zero-order chi connectivity index (χ0) is 8.53. The van der Waals surface area contributed by atoms with Gasteiger partial charge in [-0.2, -0.15) is 0 Å². The Balaban J connectivity index is 2.97. The van der Waals surface area contributed by atoms with Crippen molar-refractivity contribution in [2.75, 3.05) is 6.61 Å². The van der Waals surface area contributed by atoms with E-state index in [1.54, 1.807) is 0 Å². The highest BCUT2D eigenvalue weighted by atomic mass is 16.5. The van der Waals surface area contributed by atoms with Crippen molar-refractivity contribution in [3.05, 3.63) is 0 Å². The SMILES string of the molecule is CCCCCC[C@@H](C)OCC. The van der Waals surface area contributed by atoms with Crippen LogP contribution in [0.1, 0.15) is 52.9 Å². The molecule has 0 saturated heterocycles. The van der Waals surface area contributed by atoms with E-state index in [-0.39, 0.29) is 0 Å². The molecule has 0 aliphatic carbocycles. The third kappa shape index (κ3) is 7.86. The molecule has 0 bridgehead atoms. The van der Waals surface area contributed by atoms with Gasteiger partial charge in [0.1, 0.15) is 0 Å². The van der Waals surface area contributed by atoms with Gasteiger partial charge in [-0.15, -0.1) is 0 Å². The number of hydrogen-bond acceptors (Lipinski definition) is 1. The minimum Gasteiger partial charge on any atom is -0.379 e. The van der Waals surface area contributed by atoms with Crippen molar-refractivity contribution in [1.29, 1.82) is 0 Å². The van der Waals surface area contributed by atoms with E-state index in [1.807, 2.05) is 0 Å². The van der Waals surface area contributed by atoms with Gasteiger partial charge in [0, 0.05) is 6.61 Å². The minimum absolute atomic E-state index is 0.469. The van der Waals surface area contributed by atoms with Crippen LogP contribution in [0.3, 0.4) is 0 Å². The fourth-order valence-corrected chi connectivity index (χ4v) is 1.23. The monoisotopic (exact) mass is 158 g/mol. The molecule has 0 rings (SSSR count). The molecule has 0 spiro atoms. The molecular weight excluding hydrogens is 136 g/mol. The van der Waals surface area contributed by atoms with Crippen molar-refractivity contribution < 1.29 is 4.74 Å². The zero-order valence-electron chi connectivity index (χ0n) is 8.23. The van der Waals surface area contributed by atoms with Crippen LogP contribution in [0.4, 0.5) is 0 Å². The third-order valence-electron chi connectivity index (χ3n) is 1.92. The molecular formula is C10H22O. The molecule has 0 aromatic carbocycles. The quantitative estimate of drug-likeness (QED) is 0.516. The van der Waals surface area contributed by atoms with Crippen molar-refractivity contribution in [2.24, 2.45) is 0 Å². The summed E-state index contributed by atoms with van der Waals surface area (Å²) in [5.41, 5.74) is 0. The van der Waals surface area contributed by atoms with Gasteiger partial charge >= 0.3 is 0 Å². The summed E-state index contributed by atoms with van der Waals surface area (Å²) in [7, 11) is 0. The summed E-state index contributed by atoms with van der Waals surface area (Å²) in [6, 6.07) is 0. The minimum atomic E-state index is 0.469. The van der Waals surface area contributed by atoms with Gasteiger partial charge in [-0.1, -0.05) is 32.6 Å². The van der Waals surface area contributed by atoms with Crippen LogP contribution in [0.5, 0.6) is 0 Å². The number of ether oxygens (including phenoxy) is 1. The lowest BCUT2D eigenvalue weighted by molar-refractivity contribution is 0.0684. The smallest absolute Gasteiger partial charge is 0.0546 e. The van der Waals surface area contributed by atoms with Gasteiger partial charge in [-0.25, -0.2) is 0 Å². The van der Waals surface area contributed by atoms with Crippen molar-refractivity contribution in [3.8, 4) is 0 Å². The van der Waals surface area contributed by atoms with E-state index < -0.39 is 0 Å². The zero-order valence-corrected chi connectivity index (χ0v) is 8.23. The Labute approximate surface area is 71.1 Å². The summed E-state index contributed by atoms with van der Waals surface area (Å²) in [5.74, 6) is 0. The Morgan fingerprint density at radius 2 is 1.82 bits per heavy atom. The summed E-state index contributed by atoms with van der Waals surface area (Å²) in [5, 5.41) is 0. The average Bonchev–Trinajstić information content (AvgIpc) is 1.99. The predicted molar refractivity (Wildman–Crippen MR) is 49.8 cm³/mol. The van der Waals surface area contributed by atoms with Crippen LogP contribution < -0.4 is 0 Å². The summed E-state index contributed by atoms with van der Waals surface area (Å²) < 4.78 is 5.42. The van der Waals surface area contributed by atoms with E-state index in [4.69, 9.17) is 4.74 Å². The van der Waals surface area contributed by atoms with Gasteiger partial charge in [0.05, 0.1) is 6.10 Å². The third-order valence-corrected chi connectivity index (χ3v) is 1.92. The molecule has 0 heterocycles. The first-order chi connectivity index (χ1) is 5.31. The Hall–Kier alpha value is -0.0400. The highest BCUT2D eigenvalue weighted by molar-refractivity contribution is 4.50. The van der Waals surface area contributed by atoms with Crippen LogP contribution in [0.2, 0.25) is 0 Å². The van der Waals surface area contributed by atoms with Gasteiger partial charge in [0.2, 0.25) is 0 Å². The largest absolute Gasteiger partial charge is 0.379 e. The molecule has 1 heteroatoms. The molecule has 1 atom stereocenters. The first-order valence-corrected chi connectivity index (χ1v) is 4.92. The van der Waals surface area contributed by atoms with Crippen molar-refractivity contribution in [1.82, 2.24) is 0 Å². The molecule has 0 aliphatic heterocycles. The number of hydrogen-bond donors (Lipinski definition) is 0. The van der Waals surface area contributed by atoms with Gasteiger partial charge in [0.25, 0.3) is 0 Å². The molecule has 0 aromatic heterocycles. The van der Waals surface area contributed by atoms with Gasteiger partial charge in [-0.3, -0.25) is 0 Å². The maximum atomic E-state index is 5.42. The van der Waals surface area contributed by atoms with Crippen LogP contribution in [0.15, 0.2) is 0 Å². The van der Waals surface area contributed by atoms with Crippen molar-refractivity contribution in [2.45, 2.75) is 59.0 Å². The summed E-state index contributed by atoms with van der Waals surface area (Å²) in [6.07, 6.45) is 7.09. The predicted octanol–water partition coefficient (Wildman–Crippen LogP) is 3.38. The molecule has 0 radical (unpaired) electrons. The topological polar surface area (TPSA) is 9.23 Å². The molecule has 0 aromatic rings. The first-order valence-electron chi connectivity index (χ1n) is 4.92. The second-order valence-electron chi connectivity index (χ2n) is 3.12. The molecule has 0 saturated carbocycles. The standard InChI is InChI=1S/C10H22O/c1-4-6-7-8-9-10(3)11-5-2/h10H,4-9H2,1-3H3/t10-/m1/s1. The van der Waals surface area contributed by atoms with Gasteiger partial charge in [0.15, 0.2) is 0 Å². The average molecular weight is 158 g/mol. The van der Waals surface area contributed by atoms with Gasteiger partial charge in [-0.05, 0) is 20.3 Å². The van der Waals surface area contributed by atoms with E-state index in [0.717, 1.165) is 6.61 Å². The van der Waals surface area contributed by atoms with E-state index in [1.165, 1.54) is 32.1 Å². The maximum Gasteiger partial charge on any atom is 0.0546 e. The molecule has 11 heavy (non-hydrogen) atoms. The molecule has 0 N–H and O–H groups in total. The lowest BCUT2D eigenvalue weighted by Crippen LogP contribution is -2.07. The van der Waals surface area contributed by atoms with E-state index in [0.29, 0.717) is 6.10 Å². The van der Waals surface area contributed by atoms with E-state index in [9.17, 15) is 0 Å². The summed E-state index contributed by atoms with van der Waals surface area (Å²) in [4.78, 5) is 0. The van der Waals surface area contributed by atoms with E-state index >= 15 is 0 Å². The fraction of sp³-hybridized carbons (Fsp3) is 1.00. The highest BCUT2D eigenvalue weighted by Gasteiger charge is 1.98. The Bertz CT molecular complexity index is 71.3. The Kier molecular flexibility index (Phi) is 8.03. The van der Waals surface area contributed by atoms with Crippen LogP contribution in [0, 0.1) is 0 Å². The maximum absolute atomic E-state index is 5.42. The molecule has 1 nitrogen and oxygen atoms in total. The van der Waals surface area contributed by atoms with Crippen molar-refractivity contribution >= 4 is 0 Å². The number of unbranched alkanes of at least 4 members (excludes halogenated alkanes) is 3. The van der Waals surface area contributed by atoms with Crippen LogP contribution in [0.25, 0.3) is 0 Å². The summed E-state index contributed by atoms with van der Waals surface area (Å²) >= 11 is 0. The second kappa shape index (κ2) is 8.06.